The molecule has 0 spiro atoms. The van der Waals surface area contributed by atoms with Gasteiger partial charge in [-0.25, -0.2) is 0 Å². The molecular formula is C12H17NO2. The van der Waals surface area contributed by atoms with Crippen LogP contribution in [0.4, 0.5) is 5.69 Å². The number of aliphatic carboxylic acids is 1. The molecule has 0 saturated carbocycles. The van der Waals surface area contributed by atoms with E-state index in [1.165, 1.54) is 0 Å². The average molecular weight is 207 g/mol. The maximum absolute atomic E-state index is 10.9. The molecule has 3 nitrogen and oxygen atoms in total. The third-order valence-corrected chi connectivity index (χ3v) is 2.44. The highest BCUT2D eigenvalue weighted by Crippen LogP contribution is 2.19. The van der Waals surface area contributed by atoms with E-state index >= 15 is 0 Å². The van der Waals surface area contributed by atoms with Crippen LogP contribution in [0.3, 0.4) is 0 Å². The summed E-state index contributed by atoms with van der Waals surface area (Å²) in [4.78, 5) is 10.9. The van der Waals surface area contributed by atoms with E-state index in [1.807, 2.05) is 31.2 Å². The molecule has 0 fully saturated rings. The number of carboxylic acids is 1. The van der Waals surface area contributed by atoms with Gasteiger partial charge in [0.25, 0.3) is 0 Å². The minimum Gasteiger partial charge on any atom is -0.481 e. The van der Waals surface area contributed by atoms with Crippen molar-refractivity contribution in [2.24, 2.45) is 5.41 Å². The molecule has 0 atom stereocenters. The molecule has 0 unspecified atom stereocenters. The minimum absolute atomic E-state index is 0.424. The van der Waals surface area contributed by atoms with Crippen LogP contribution in [0.25, 0.3) is 0 Å². The van der Waals surface area contributed by atoms with Crippen molar-refractivity contribution < 1.29 is 9.90 Å². The molecule has 1 rings (SSSR count). The first-order valence-electron chi connectivity index (χ1n) is 4.96. The maximum Gasteiger partial charge on any atom is 0.310 e. The number of carboxylic acid groups (broad SMARTS) is 1. The molecule has 0 aliphatic carbocycles. The lowest BCUT2D eigenvalue weighted by atomic mass is 9.94. The zero-order chi connectivity index (χ0) is 11.5. The number of benzene rings is 1. The number of carbonyl (C=O) groups is 1. The van der Waals surface area contributed by atoms with Gasteiger partial charge in [-0.15, -0.1) is 0 Å². The van der Waals surface area contributed by atoms with Crippen LogP contribution < -0.4 is 5.32 Å². The van der Waals surface area contributed by atoms with Crippen molar-refractivity contribution in [2.75, 3.05) is 11.9 Å². The van der Waals surface area contributed by atoms with Gasteiger partial charge in [-0.2, -0.15) is 0 Å². The Morgan fingerprint density at radius 3 is 2.53 bits per heavy atom. The van der Waals surface area contributed by atoms with Gasteiger partial charge in [0, 0.05) is 12.2 Å². The summed E-state index contributed by atoms with van der Waals surface area (Å²) in [5.41, 5.74) is 1.37. The first-order chi connectivity index (χ1) is 6.93. The summed E-state index contributed by atoms with van der Waals surface area (Å²) in [6.07, 6.45) is 0. The summed E-state index contributed by atoms with van der Waals surface area (Å²) >= 11 is 0. The predicted octanol–water partition coefficient (Wildman–Crippen LogP) is 2.52. The Labute approximate surface area is 90.1 Å². The maximum atomic E-state index is 10.9. The third-order valence-electron chi connectivity index (χ3n) is 2.44. The van der Waals surface area contributed by atoms with Gasteiger partial charge in [0.2, 0.25) is 0 Å². The fraction of sp³-hybridized carbons (Fsp3) is 0.417. The topological polar surface area (TPSA) is 49.3 Å². The molecule has 0 radical (unpaired) electrons. The van der Waals surface area contributed by atoms with Gasteiger partial charge < -0.3 is 10.4 Å². The van der Waals surface area contributed by atoms with Crippen LogP contribution in [0.1, 0.15) is 19.4 Å². The first-order valence-corrected chi connectivity index (χ1v) is 4.96. The van der Waals surface area contributed by atoms with Gasteiger partial charge in [-0.05, 0) is 32.4 Å². The first kappa shape index (κ1) is 11.6. The van der Waals surface area contributed by atoms with Crippen molar-refractivity contribution in [1.82, 2.24) is 0 Å². The zero-order valence-electron chi connectivity index (χ0n) is 9.37. The van der Waals surface area contributed by atoms with Crippen molar-refractivity contribution in [3.05, 3.63) is 29.8 Å². The highest BCUT2D eigenvalue weighted by molar-refractivity contribution is 5.74. The van der Waals surface area contributed by atoms with E-state index in [-0.39, 0.29) is 0 Å². The van der Waals surface area contributed by atoms with Gasteiger partial charge in [-0.1, -0.05) is 18.2 Å². The summed E-state index contributed by atoms with van der Waals surface area (Å²) in [7, 11) is 0. The van der Waals surface area contributed by atoms with Gasteiger partial charge in [0.05, 0.1) is 5.41 Å². The van der Waals surface area contributed by atoms with E-state index in [0.717, 1.165) is 11.3 Å². The predicted molar refractivity (Wildman–Crippen MR) is 61.1 cm³/mol. The van der Waals surface area contributed by atoms with Gasteiger partial charge >= 0.3 is 5.97 Å². The second kappa shape index (κ2) is 4.34. The molecule has 0 aromatic heterocycles. The molecule has 1 aromatic rings. The lowest BCUT2D eigenvalue weighted by Gasteiger charge is -2.21. The normalized spacial score (nSPS) is 11.1. The minimum atomic E-state index is -0.788. The summed E-state index contributed by atoms with van der Waals surface area (Å²) < 4.78 is 0. The van der Waals surface area contributed by atoms with Gasteiger partial charge in [0.15, 0.2) is 0 Å². The van der Waals surface area contributed by atoms with E-state index in [1.54, 1.807) is 13.8 Å². The molecule has 3 heteroatoms. The smallest absolute Gasteiger partial charge is 0.310 e. The Morgan fingerprint density at radius 1 is 1.40 bits per heavy atom. The zero-order valence-corrected chi connectivity index (χ0v) is 9.37. The fourth-order valence-electron chi connectivity index (χ4n) is 1.16. The molecule has 15 heavy (non-hydrogen) atoms. The monoisotopic (exact) mass is 207 g/mol. The summed E-state index contributed by atoms with van der Waals surface area (Å²) in [6, 6.07) is 7.84. The molecule has 0 amide bonds. The standard InChI is InChI=1S/C12H17NO2/c1-9-6-4-5-7-10(9)13-8-12(2,3)11(14)15/h4-7,13H,8H2,1-3H3,(H,14,15). The quantitative estimate of drug-likeness (QED) is 0.797. The number of para-hydroxylation sites is 1. The fourth-order valence-corrected chi connectivity index (χ4v) is 1.16. The molecular weight excluding hydrogens is 190 g/mol. The SMILES string of the molecule is Cc1ccccc1NCC(C)(C)C(=O)O. The van der Waals surface area contributed by atoms with E-state index in [4.69, 9.17) is 5.11 Å². The number of rotatable bonds is 4. The van der Waals surface area contributed by atoms with Crippen LogP contribution in [-0.2, 0) is 4.79 Å². The number of aryl methyl sites for hydroxylation is 1. The van der Waals surface area contributed by atoms with Crippen molar-refractivity contribution in [2.45, 2.75) is 20.8 Å². The van der Waals surface area contributed by atoms with Crippen LogP contribution >= 0.6 is 0 Å². The number of hydrogen-bond donors (Lipinski definition) is 2. The van der Waals surface area contributed by atoms with E-state index in [0.29, 0.717) is 6.54 Å². The van der Waals surface area contributed by atoms with E-state index in [9.17, 15) is 4.79 Å². The van der Waals surface area contributed by atoms with Crippen molar-refractivity contribution >= 4 is 11.7 Å². The molecule has 1 aromatic carbocycles. The highest BCUT2D eigenvalue weighted by atomic mass is 16.4. The van der Waals surface area contributed by atoms with Crippen LogP contribution in [0, 0.1) is 12.3 Å². The second-order valence-electron chi connectivity index (χ2n) is 4.36. The van der Waals surface area contributed by atoms with Gasteiger partial charge in [0.1, 0.15) is 0 Å². The summed E-state index contributed by atoms with van der Waals surface area (Å²) in [6.45, 7) is 5.84. The number of hydrogen-bond acceptors (Lipinski definition) is 2. The third kappa shape index (κ3) is 2.98. The highest BCUT2D eigenvalue weighted by Gasteiger charge is 2.26. The van der Waals surface area contributed by atoms with Crippen molar-refractivity contribution in [1.29, 1.82) is 0 Å². The lowest BCUT2D eigenvalue weighted by Crippen LogP contribution is -2.31. The molecule has 82 valence electrons. The van der Waals surface area contributed by atoms with Gasteiger partial charge in [-0.3, -0.25) is 4.79 Å². The molecule has 0 aliphatic rings. The molecule has 0 bridgehead atoms. The van der Waals surface area contributed by atoms with Crippen molar-refractivity contribution in [3.63, 3.8) is 0 Å². The molecule has 0 heterocycles. The number of anilines is 1. The lowest BCUT2D eigenvalue weighted by molar-refractivity contribution is -0.146. The Bertz CT molecular complexity index is 358. The second-order valence-corrected chi connectivity index (χ2v) is 4.36. The van der Waals surface area contributed by atoms with E-state index < -0.39 is 11.4 Å². The van der Waals surface area contributed by atoms with Crippen LogP contribution in [0.15, 0.2) is 24.3 Å². The van der Waals surface area contributed by atoms with Crippen LogP contribution in [0.2, 0.25) is 0 Å². The Kier molecular flexibility index (Phi) is 3.35. The van der Waals surface area contributed by atoms with Crippen LogP contribution in [0.5, 0.6) is 0 Å². The molecule has 0 aliphatic heterocycles. The van der Waals surface area contributed by atoms with E-state index in [2.05, 4.69) is 5.32 Å². The summed E-state index contributed by atoms with van der Waals surface area (Å²) in [5, 5.41) is 12.1. The van der Waals surface area contributed by atoms with Crippen LogP contribution in [-0.4, -0.2) is 17.6 Å². The Morgan fingerprint density at radius 2 is 2.00 bits per heavy atom. The van der Waals surface area contributed by atoms with Crippen molar-refractivity contribution in [3.8, 4) is 0 Å². The largest absolute Gasteiger partial charge is 0.481 e. The molecule has 2 N–H and O–H groups in total. The Balaban J connectivity index is 2.66. The molecule has 0 saturated heterocycles. The summed E-state index contributed by atoms with van der Waals surface area (Å²) in [5.74, 6) is -0.788. The Hall–Kier alpha value is -1.51. The average Bonchev–Trinajstić information content (AvgIpc) is 2.16. The number of nitrogens with one attached hydrogen (secondary N) is 1.